The van der Waals surface area contributed by atoms with E-state index in [1.54, 1.807) is 25.4 Å². The zero-order valence-electron chi connectivity index (χ0n) is 18.0. The van der Waals surface area contributed by atoms with Crippen LogP contribution in [-0.4, -0.2) is 54.8 Å². The molecule has 4 aromatic rings. The summed E-state index contributed by atoms with van der Waals surface area (Å²) < 4.78 is 25.6. The molecule has 2 aromatic carbocycles. The van der Waals surface area contributed by atoms with Crippen LogP contribution < -0.4 is 5.32 Å². The van der Waals surface area contributed by atoms with Gasteiger partial charge < -0.3 is 14.5 Å². The van der Waals surface area contributed by atoms with Gasteiger partial charge in [-0.2, -0.15) is 4.98 Å². The number of hydrogen-bond acceptors (Lipinski definition) is 6. The number of pyridine rings is 1. The molecule has 1 fully saturated rings. The van der Waals surface area contributed by atoms with Gasteiger partial charge in [-0.05, 0) is 41.8 Å². The molecule has 0 radical (unpaired) electrons. The average molecular weight is 432 g/mol. The molecule has 164 valence electrons. The molecular formula is C25H25FN4O2. The number of rotatable bonds is 6. The minimum atomic E-state index is -0.386. The lowest BCUT2D eigenvalue weighted by molar-refractivity contribution is 0.0384. The highest BCUT2D eigenvalue weighted by Gasteiger charge is 2.15. The van der Waals surface area contributed by atoms with Gasteiger partial charge >= 0.3 is 0 Å². The number of oxazole rings is 1. The lowest BCUT2D eigenvalue weighted by Crippen LogP contribution is -2.37. The summed E-state index contributed by atoms with van der Waals surface area (Å²) in [6.45, 7) is 4.71. The van der Waals surface area contributed by atoms with Crippen molar-refractivity contribution in [3.05, 3.63) is 66.1 Å². The Morgan fingerprint density at radius 3 is 2.62 bits per heavy atom. The quantitative estimate of drug-likeness (QED) is 0.480. The number of benzene rings is 2. The van der Waals surface area contributed by atoms with Crippen molar-refractivity contribution in [3.8, 4) is 22.6 Å². The highest BCUT2D eigenvalue weighted by Crippen LogP contribution is 2.30. The second kappa shape index (κ2) is 9.06. The monoisotopic (exact) mass is 432 g/mol. The molecule has 1 saturated heterocycles. The maximum Gasteiger partial charge on any atom is 0.231 e. The van der Waals surface area contributed by atoms with E-state index < -0.39 is 0 Å². The number of ether oxygens (including phenoxy) is 1. The highest BCUT2D eigenvalue weighted by atomic mass is 19.1. The van der Waals surface area contributed by atoms with E-state index in [0.717, 1.165) is 56.1 Å². The van der Waals surface area contributed by atoms with Crippen molar-refractivity contribution in [1.82, 2.24) is 14.9 Å². The third kappa shape index (κ3) is 4.35. The molecule has 0 bridgehead atoms. The summed E-state index contributed by atoms with van der Waals surface area (Å²) in [5, 5.41) is 3.00. The fourth-order valence-corrected chi connectivity index (χ4v) is 3.91. The fraction of sp³-hybridized carbons (Fsp3) is 0.280. The predicted molar refractivity (Wildman–Crippen MR) is 123 cm³/mol. The number of halogens is 1. The fourth-order valence-electron chi connectivity index (χ4n) is 3.91. The number of anilines is 1. The van der Waals surface area contributed by atoms with Gasteiger partial charge in [-0.3, -0.25) is 4.90 Å². The van der Waals surface area contributed by atoms with Gasteiger partial charge in [-0.25, -0.2) is 9.37 Å². The Balaban J connectivity index is 1.34. The molecule has 0 unspecified atom stereocenters. The van der Waals surface area contributed by atoms with Gasteiger partial charge in [0.1, 0.15) is 5.82 Å². The van der Waals surface area contributed by atoms with E-state index >= 15 is 0 Å². The lowest BCUT2D eigenvalue weighted by atomic mass is 10.0. The van der Waals surface area contributed by atoms with E-state index in [9.17, 15) is 4.39 Å². The Morgan fingerprint density at radius 1 is 1.03 bits per heavy atom. The summed E-state index contributed by atoms with van der Waals surface area (Å²) in [5.74, 6) is -0.166. The zero-order valence-corrected chi connectivity index (χ0v) is 18.0. The van der Waals surface area contributed by atoms with Gasteiger partial charge in [-0.1, -0.05) is 24.3 Å². The minimum Gasteiger partial charge on any atom is -0.434 e. The molecule has 6 nitrogen and oxygen atoms in total. The zero-order chi connectivity index (χ0) is 21.9. The van der Waals surface area contributed by atoms with Crippen molar-refractivity contribution in [3.63, 3.8) is 0 Å². The number of fused-ring (bicyclic) bond motifs is 1. The van der Waals surface area contributed by atoms with Crippen LogP contribution in [0.4, 0.5) is 10.1 Å². The molecular weight excluding hydrogens is 407 g/mol. The first kappa shape index (κ1) is 20.6. The van der Waals surface area contributed by atoms with Crippen LogP contribution >= 0.6 is 0 Å². The Bertz CT molecular complexity index is 1220. The van der Waals surface area contributed by atoms with Gasteiger partial charge in [0.25, 0.3) is 0 Å². The molecule has 1 aliphatic rings. The normalized spacial score (nSPS) is 14.7. The van der Waals surface area contributed by atoms with Crippen molar-refractivity contribution in [2.45, 2.75) is 6.42 Å². The number of nitrogens with one attached hydrogen (secondary N) is 1. The predicted octanol–water partition coefficient (Wildman–Crippen LogP) is 4.61. The van der Waals surface area contributed by atoms with Crippen LogP contribution in [0.1, 0.15) is 5.56 Å². The standard InChI is InChI=1S/C25H25FN4O2/c1-27-20-6-7-22(26)21(15-20)25-29-24-23(32-25)14-19(16-28-24)18-4-2-17(3-5-18)8-9-30-10-12-31-13-11-30/h2-7,14-16,27H,8-13H2,1H3. The molecule has 5 rings (SSSR count). The number of hydrogen-bond donors (Lipinski definition) is 1. The Kier molecular flexibility index (Phi) is 5.83. The van der Waals surface area contributed by atoms with Crippen LogP contribution in [0.3, 0.4) is 0 Å². The summed E-state index contributed by atoms with van der Waals surface area (Å²) in [6, 6.07) is 15.2. The van der Waals surface area contributed by atoms with Crippen molar-refractivity contribution in [1.29, 1.82) is 0 Å². The molecule has 0 amide bonds. The third-order valence-electron chi connectivity index (χ3n) is 5.84. The molecule has 0 aliphatic carbocycles. The maximum atomic E-state index is 14.3. The Hall–Kier alpha value is -3.29. The summed E-state index contributed by atoms with van der Waals surface area (Å²) in [5.41, 5.74) is 5.37. The first-order valence-electron chi connectivity index (χ1n) is 10.8. The van der Waals surface area contributed by atoms with E-state index in [-0.39, 0.29) is 11.7 Å². The molecule has 32 heavy (non-hydrogen) atoms. The van der Waals surface area contributed by atoms with Crippen molar-refractivity contribution in [2.75, 3.05) is 45.2 Å². The highest BCUT2D eigenvalue weighted by molar-refractivity contribution is 5.79. The lowest BCUT2D eigenvalue weighted by Gasteiger charge is -2.26. The van der Waals surface area contributed by atoms with E-state index in [1.165, 1.54) is 11.6 Å². The van der Waals surface area contributed by atoms with E-state index in [2.05, 4.69) is 44.5 Å². The van der Waals surface area contributed by atoms with E-state index in [1.807, 2.05) is 6.07 Å². The van der Waals surface area contributed by atoms with Crippen molar-refractivity contribution in [2.24, 2.45) is 0 Å². The summed E-state index contributed by atoms with van der Waals surface area (Å²) in [7, 11) is 1.78. The van der Waals surface area contributed by atoms with Gasteiger partial charge in [0, 0.05) is 44.1 Å². The first-order valence-corrected chi connectivity index (χ1v) is 10.8. The average Bonchev–Trinajstić information content (AvgIpc) is 3.27. The van der Waals surface area contributed by atoms with Crippen molar-refractivity contribution >= 4 is 16.9 Å². The van der Waals surface area contributed by atoms with Crippen molar-refractivity contribution < 1.29 is 13.5 Å². The second-order valence-corrected chi connectivity index (χ2v) is 7.91. The van der Waals surface area contributed by atoms with Crippen LogP contribution in [0, 0.1) is 5.82 Å². The molecule has 2 aromatic heterocycles. The smallest absolute Gasteiger partial charge is 0.231 e. The molecule has 7 heteroatoms. The second-order valence-electron chi connectivity index (χ2n) is 7.91. The van der Waals surface area contributed by atoms with Crippen LogP contribution in [-0.2, 0) is 11.2 Å². The molecule has 0 saturated carbocycles. The van der Waals surface area contributed by atoms with Crippen LogP contribution in [0.2, 0.25) is 0 Å². The number of nitrogens with zero attached hydrogens (tertiary/aromatic N) is 3. The first-order chi connectivity index (χ1) is 15.7. The number of aromatic nitrogens is 2. The summed E-state index contributed by atoms with van der Waals surface area (Å²) >= 11 is 0. The minimum absolute atomic E-state index is 0.220. The van der Waals surface area contributed by atoms with Crippen LogP contribution in [0.5, 0.6) is 0 Å². The van der Waals surface area contributed by atoms with Gasteiger partial charge in [-0.15, -0.1) is 0 Å². The van der Waals surface area contributed by atoms with Crippen LogP contribution in [0.15, 0.2) is 59.1 Å². The Morgan fingerprint density at radius 2 is 1.84 bits per heavy atom. The van der Waals surface area contributed by atoms with Gasteiger partial charge in [0.15, 0.2) is 11.2 Å². The molecule has 1 N–H and O–H groups in total. The topological polar surface area (TPSA) is 63.4 Å². The Labute approximate surface area is 186 Å². The van der Waals surface area contributed by atoms with Crippen LogP contribution in [0.25, 0.3) is 33.8 Å². The SMILES string of the molecule is CNc1ccc(F)c(-c2nc3ncc(-c4ccc(CCN5CCOCC5)cc4)cc3o2)c1. The van der Waals surface area contributed by atoms with E-state index in [4.69, 9.17) is 9.15 Å². The van der Waals surface area contributed by atoms with Gasteiger partial charge in [0.05, 0.1) is 18.8 Å². The van der Waals surface area contributed by atoms with E-state index in [0.29, 0.717) is 16.8 Å². The molecule has 1 aliphatic heterocycles. The van der Waals surface area contributed by atoms with Gasteiger partial charge in [0.2, 0.25) is 5.89 Å². The largest absolute Gasteiger partial charge is 0.434 e. The number of morpholine rings is 1. The summed E-state index contributed by atoms with van der Waals surface area (Å²) in [4.78, 5) is 11.2. The molecule has 0 spiro atoms. The summed E-state index contributed by atoms with van der Waals surface area (Å²) in [6.07, 6.45) is 2.79. The molecule has 0 atom stereocenters. The molecule has 3 heterocycles. The third-order valence-corrected chi connectivity index (χ3v) is 5.84. The maximum absolute atomic E-state index is 14.3.